The molecule has 2 aromatic rings. The standard InChI is InChI=1S/C16H21N3O/c1-19(2)10-11-20-16-8-5-7-14(12-16)18-13-15-6-3-4-9-17-15/h3-9,12,18H,10-11,13H2,1-2H3. The molecule has 0 atom stereocenters. The fraction of sp³-hybridized carbons (Fsp3) is 0.312. The van der Waals surface area contributed by atoms with E-state index in [0.29, 0.717) is 13.2 Å². The van der Waals surface area contributed by atoms with Crippen LogP contribution >= 0.6 is 0 Å². The molecule has 106 valence electrons. The van der Waals surface area contributed by atoms with E-state index in [1.165, 1.54) is 0 Å². The van der Waals surface area contributed by atoms with Crippen LogP contribution in [0.15, 0.2) is 48.7 Å². The van der Waals surface area contributed by atoms with E-state index in [1.54, 1.807) is 6.20 Å². The Morgan fingerprint density at radius 1 is 1.15 bits per heavy atom. The number of likely N-dealkylation sites (N-methyl/N-ethyl adjacent to an activating group) is 1. The number of ether oxygens (including phenoxy) is 1. The average Bonchev–Trinajstić information content (AvgIpc) is 2.46. The van der Waals surface area contributed by atoms with Crippen LogP contribution < -0.4 is 10.1 Å². The summed E-state index contributed by atoms with van der Waals surface area (Å²) in [5, 5.41) is 3.35. The first-order valence-electron chi connectivity index (χ1n) is 6.75. The number of rotatable bonds is 7. The summed E-state index contributed by atoms with van der Waals surface area (Å²) in [6, 6.07) is 13.9. The van der Waals surface area contributed by atoms with Crippen molar-refractivity contribution < 1.29 is 4.74 Å². The van der Waals surface area contributed by atoms with E-state index < -0.39 is 0 Å². The molecule has 0 spiro atoms. The summed E-state index contributed by atoms with van der Waals surface area (Å²) in [4.78, 5) is 6.39. The lowest BCUT2D eigenvalue weighted by molar-refractivity contribution is 0.261. The van der Waals surface area contributed by atoms with Gasteiger partial charge in [0.25, 0.3) is 0 Å². The number of aromatic nitrogens is 1. The lowest BCUT2D eigenvalue weighted by Crippen LogP contribution is -2.19. The van der Waals surface area contributed by atoms with Crippen molar-refractivity contribution in [2.24, 2.45) is 0 Å². The van der Waals surface area contributed by atoms with Gasteiger partial charge >= 0.3 is 0 Å². The van der Waals surface area contributed by atoms with Gasteiger partial charge < -0.3 is 15.0 Å². The largest absolute Gasteiger partial charge is 0.492 e. The highest BCUT2D eigenvalue weighted by Crippen LogP contribution is 2.17. The third-order valence-corrected chi connectivity index (χ3v) is 2.84. The maximum Gasteiger partial charge on any atom is 0.121 e. The zero-order valence-electron chi connectivity index (χ0n) is 12.0. The summed E-state index contributed by atoms with van der Waals surface area (Å²) < 4.78 is 5.71. The Balaban J connectivity index is 1.86. The fourth-order valence-corrected chi connectivity index (χ4v) is 1.74. The summed E-state index contributed by atoms with van der Waals surface area (Å²) in [6.45, 7) is 2.31. The number of benzene rings is 1. The Morgan fingerprint density at radius 3 is 2.80 bits per heavy atom. The van der Waals surface area contributed by atoms with Crippen molar-refractivity contribution >= 4 is 5.69 Å². The van der Waals surface area contributed by atoms with Crippen LogP contribution in [0.2, 0.25) is 0 Å². The van der Waals surface area contributed by atoms with Gasteiger partial charge in [0.05, 0.1) is 12.2 Å². The molecule has 0 unspecified atom stereocenters. The van der Waals surface area contributed by atoms with Crippen molar-refractivity contribution in [3.63, 3.8) is 0 Å². The van der Waals surface area contributed by atoms with E-state index in [1.807, 2.05) is 56.6 Å². The molecule has 4 heteroatoms. The van der Waals surface area contributed by atoms with Crippen molar-refractivity contribution in [2.75, 3.05) is 32.6 Å². The molecular weight excluding hydrogens is 250 g/mol. The number of pyridine rings is 1. The maximum absolute atomic E-state index is 5.71. The molecule has 20 heavy (non-hydrogen) atoms. The van der Waals surface area contributed by atoms with Crippen LogP contribution in [-0.4, -0.2) is 37.1 Å². The zero-order chi connectivity index (χ0) is 14.2. The molecule has 0 bridgehead atoms. The topological polar surface area (TPSA) is 37.4 Å². The molecule has 1 aromatic carbocycles. The molecule has 2 rings (SSSR count). The van der Waals surface area contributed by atoms with E-state index in [-0.39, 0.29) is 0 Å². The molecular formula is C16H21N3O. The van der Waals surface area contributed by atoms with Gasteiger partial charge in [-0.1, -0.05) is 12.1 Å². The molecule has 0 aliphatic rings. The smallest absolute Gasteiger partial charge is 0.121 e. The van der Waals surface area contributed by atoms with Gasteiger partial charge in [0, 0.05) is 24.5 Å². The Hall–Kier alpha value is -2.07. The highest BCUT2D eigenvalue weighted by molar-refractivity contribution is 5.48. The molecule has 1 heterocycles. The van der Waals surface area contributed by atoms with Crippen LogP contribution in [0.4, 0.5) is 5.69 Å². The second-order valence-electron chi connectivity index (χ2n) is 4.85. The molecule has 0 amide bonds. The summed E-state index contributed by atoms with van der Waals surface area (Å²) in [6.07, 6.45) is 1.80. The molecule has 4 nitrogen and oxygen atoms in total. The monoisotopic (exact) mass is 271 g/mol. The maximum atomic E-state index is 5.71. The van der Waals surface area contributed by atoms with Gasteiger partial charge in [-0.15, -0.1) is 0 Å². The van der Waals surface area contributed by atoms with E-state index in [9.17, 15) is 0 Å². The number of hydrogen-bond acceptors (Lipinski definition) is 4. The molecule has 0 saturated carbocycles. The first-order valence-corrected chi connectivity index (χ1v) is 6.75. The minimum absolute atomic E-state index is 0.691. The molecule has 1 N–H and O–H groups in total. The summed E-state index contributed by atoms with van der Waals surface area (Å²) in [5.74, 6) is 0.887. The van der Waals surface area contributed by atoms with Crippen LogP contribution in [-0.2, 0) is 6.54 Å². The van der Waals surface area contributed by atoms with Gasteiger partial charge in [0.1, 0.15) is 12.4 Å². The molecule has 0 fully saturated rings. The molecule has 1 aromatic heterocycles. The van der Waals surface area contributed by atoms with Crippen LogP contribution in [0.25, 0.3) is 0 Å². The molecule has 0 aliphatic heterocycles. The minimum Gasteiger partial charge on any atom is -0.492 e. The normalized spacial score (nSPS) is 10.6. The lowest BCUT2D eigenvalue weighted by Gasteiger charge is -2.12. The second kappa shape index (κ2) is 7.50. The number of anilines is 1. The molecule has 0 saturated heterocycles. The predicted molar refractivity (Wildman–Crippen MR) is 82.1 cm³/mol. The van der Waals surface area contributed by atoms with Crippen molar-refractivity contribution in [1.82, 2.24) is 9.88 Å². The quantitative estimate of drug-likeness (QED) is 0.840. The Morgan fingerprint density at radius 2 is 2.05 bits per heavy atom. The van der Waals surface area contributed by atoms with Crippen molar-refractivity contribution in [3.8, 4) is 5.75 Å². The lowest BCUT2D eigenvalue weighted by atomic mass is 10.3. The third kappa shape index (κ3) is 4.90. The molecule has 0 radical (unpaired) electrons. The summed E-state index contributed by atoms with van der Waals surface area (Å²) in [5.41, 5.74) is 2.06. The average molecular weight is 271 g/mol. The number of nitrogens with zero attached hydrogens (tertiary/aromatic N) is 2. The second-order valence-corrected chi connectivity index (χ2v) is 4.85. The van der Waals surface area contributed by atoms with E-state index in [0.717, 1.165) is 23.7 Å². The third-order valence-electron chi connectivity index (χ3n) is 2.84. The van der Waals surface area contributed by atoms with E-state index in [2.05, 4.69) is 15.2 Å². The summed E-state index contributed by atoms with van der Waals surface area (Å²) in [7, 11) is 4.07. The minimum atomic E-state index is 0.691. The Labute approximate surface area is 120 Å². The van der Waals surface area contributed by atoms with Crippen LogP contribution in [0, 0.1) is 0 Å². The first kappa shape index (κ1) is 14.3. The number of nitrogens with one attached hydrogen (secondary N) is 1. The van der Waals surface area contributed by atoms with Crippen LogP contribution in [0.1, 0.15) is 5.69 Å². The van der Waals surface area contributed by atoms with Gasteiger partial charge in [-0.25, -0.2) is 0 Å². The van der Waals surface area contributed by atoms with Crippen molar-refractivity contribution in [1.29, 1.82) is 0 Å². The first-order chi connectivity index (χ1) is 9.74. The fourth-order valence-electron chi connectivity index (χ4n) is 1.74. The van der Waals surface area contributed by atoms with E-state index in [4.69, 9.17) is 4.74 Å². The van der Waals surface area contributed by atoms with Crippen molar-refractivity contribution in [3.05, 3.63) is 54.4 Å². The SMILES string of the molecule is CN(C)CCOc1cccc(NCc2ccccn2)c1. The zero-order valence-corrected chi connectivity index (χ0v) is 12.0. The number of hydrogen-bond donors (Lipinski definition) is 1. The highest BCUT2D eigenvalue weighted by atomic mass is 16.5. The van der Waals surface area contributed by atoms with Gasteiger partial charge in [0.2, 0.25) is 0 Å². The summed E-state index contributed by atoms with van der Waals surface area (Å²) >= 11 is 0. The van der Waals surface area contributed by atoms with Crippen molar-refractivity contribution in [2.45, 2.75) is 6.54 Å². The predicted octanol–water partition coefficient (Wildman–Crippen LogP) is 2.63. The Bertz CT molecular complexity index is 514. The van der Waals surface area contributed by atoms with Gasteiger partial charge in [-0.3, -0.25) is 4.98 Å². The van der Waals surface area contributed by atoms with Crippen LogP contribution in [0.3, 0.4) is 0 Å². The highest BCUT2D eigenvalue weighted by Gasteiger charge is 1.98. The van der Waals surface area contributed by atoms with E-state index >= 15 is 0 Å². The van der Waals surface area contributed by atoms with Gasteiger partial charge in [0.15, 0.2) is 0 Å². The van der Waals surface area contributed by atoms with Gasteiger partial charge in [-0.2, -0.15) is 0 Å². The van der Waals surface area contributed by atoms with Crippen LogP contribution in [0.5, 0.6) is 5.75 Å². The van der Waals surface area contributed by atoms with Gasteiger partial charge in [-0.05, 0) is 38.4 Å². The Kier molecular flexibility index (Phi) is 5.38. The molecule has 0 aliphatic carbocycles.